The molecule has 5 nitrogen and oxygen atoms in total. The van der Waals surface area contributed by atoms with Gasteiger partial charge < -0.3 is 10.3 Å². The molecule has 0 atom stereocenters. The van der Waals surface area contributed by atoms with Crippen LogP contribution < -0.4 is 5.32 Å². The maximum absolute atomic E-state index is 12.0. The van der Waals surface area contributed by atoms with E-state index in [0.29, 0.717) is 17.8 Å². The quantitative estimate of drug-likeness (QED) is 0.758. The van der Waals surface area contributed by atoms with Gasteiger partial charge in [-0.3, -0.25) is 4.79 Å². The number of nitrogens with zero attached hydrogens (tertiary/aromatic N) is 2. The third-order valence-electron chi connectivity index (χ3n) is 3.08. The van der Waals surface area contributed by atoms with E-state index in [4.69, 9.17) is 0 Å². The standard InChI is InChI=1S/C15H14N4O/c20-15(16-7-6-11-4-2-1-3-5-11)12-8-13-14(17-9-12)19-10-18-13/h1-5,8-10H,6-7H2,(H,16,20)(H,17,18,19). The highest BCUT2D eigenvalue weighted by Crippen LogP contribution is 2.08. The number of carbonyl (C=O) groups is 1. The number of carbonyl (C=O) groups excluding carboxylic acids is 1. The lowest BCUT2D eigenvalue weighted by atomic mass is 10.1. The lowest BCUT2D eigenvalue weighted by Gasteiger charge is -2.05. The molecule has 2 heterocycles. The molecular formula is C15H14N4O. The minimum absolute atomic E-state index is 0.120. The molecule has 0 saturated heterocycles. The first-order valence-electron chi connectivity index (χ1n) is 6.44. The molecule has 20 heavy (non-hydrogen) atoms. The smallest absolute Gasteiger partial charge is 0.252 e. The number of hydrogen-bond acceptors (Lipinski definition) is 3. The molecule has 0 bridgehead atoms. The molecule has 0 aliphatic carbocycles. The zero-order valence-corrected chi connectivity index (χ0v) is 10.8. The number of H-pyrrole nitrogens is 1. The molecular weight excluding hydrogens is 252 g/mol. The van der Waals surface area contributed by atoms with Crippen molar-refractivity contribution in [3.63, 3.8) is 0 Å². The second-order valence-electron chi connectivity index (χ2n) is 4.49. The Bertz CT molecular complexity index is 721. The first-order chi connectivity index (χ1) is 9.83. The van der Waals surface area contributed by atoms with Gasteiger partial charge in [0.25, 0.3) is 5.91 Å². The molecule has 0 radical (unpaired) electrons. The van der Waals surface area contributed by atoms with Gasteiger partial charge in [-0.05, 0) is 18.1 Å². The van der Waals surface area contributed by atoms with Gasteiger partial charge in [-0.2, -0.15) is 0 Å². The van der Waals surface area contributed by atoms with Crippen LogP contribution >= 0.6 is 0 Å². The summed E-state index contributed by atoms with van der Waals surface area (Å²) in [4.78, 5) is 23.1. The molecule has 0 fully saturated rings. The molecule has 0 saturated carbocycles. The van der Waals surface area contributed by atoms with E-state index in [1.165, 1.54) is 5.56 Å². The fraction of sp³-hybridized carbons (Fsp3) is 0.133. The molecule has 5 heteroatoms. The number of aromatic nitrogens is 3. The Kier molecular flexibility index (Phi) is 3.41. The Balaban J connectivity index is 1.61. The third-order valence-corrected chi connectivity index (χ3v) is 3.08. The van der Waals surface area contributed by atoms with Crippen LogP contribution in [0.4, 0.5) is 0 Å². The monoisotopic (exact) mass is 266 g/mol. The second-order valence-corrected chi connectivity index (χ2v) is 4.49. The van der Waals surface area contributed by atoms with Gasteiger partial charge in [0.05, 0.1) is 17.4 Å². The van der Waals surface area contributed by atoms with Crippen LogP contribution in [0, 0.1) is 0 Å². The molecule has 3 aromatic rings. The number of hydrogen-bond donors (Lipinski definition) is 2. The number of fused-ring (bicyclic) bond motifs is 1. The van der Waals surface area contributed by atoms with Crippen molar-refractivity contribution in [2.75, 3.05) is 6.54 Å². The van der Waals surface area contributed by atoms with Crippen LogP contribution in [0.5, 0.6) is 0 Å². The van der Waals surface area contributed by atoms with Crippen LogP contribution in [-0.4, -0.2) is 27.4 Å². The summed E-state index contributed by atoms with van der Waals surface area (Å²) in [6, 6.07) is 11.8. The third kappa shape index (κ3) is 2.66. The first kappa shape index (κ1) is 12.3. The van der Waals surface area contributed by atoms with E-state index in [9.17, 15) is 4.79 Å². The highest BCUT2D eigenvalue weighted by atomic mass is 16.1. The summed E-state index contributed by atoms with van der Waals surface area (Å²) in [5.74, 6) is -0.120. The summed E-state index contributed by atoms with van der Waals surface area (Å²) >= 11 is 0. The van der Waals surface area contributed by atoms with Crippen LogP contribution in [0.1, 0.15) is 15.9 Å². The zero-order chi connectivity index (χ0) is 13.8. The molecule has 1 aromatic carbocycles. The van der Waals surface area contributed by atoms with E-state index >= 15 is 0 Å². The van der Waals surface area contributed by atoms with Crippen LogP contribution in [0.3, 0.4) is 0 Å². The summed E-state index contributed by atoms with van der Waals surface area (Å²) in [6.45, 7) is 0.601. The van der Waals surface area contributed by atoms with E-state index in [-0.39, 0.29) is 5.91 Å². The van der Waals surface area contributed by atoms with Crippen LogP contribution in [0.2, 0.25) is 0 Å². The summed E-state index contributed by atoms with van der Waals surface area (Å²) < 4.78 is 0. The number of benzene rings is 1. The van der Waals surface area contributed by atoms with Gasteiger partial charge in [-0.25, -0.2) is 9.97 Å². The fourth-order valence-corrected chi connectivity index (χ4v) is 2.02. The average molecular weight is 266 g/mol. The van der Waals surface area contributed by atoms with Gasteiger partial charge in [0.15, 0.2) is 5.65 Å². The largest absolute Gasteiger partial charge is 0.352 e. The van der Waals surface area contributed by atoms with Crippen molar-refractivity contribution >= 4 is 17.1 Å². The molecule has 2 N–H and O–H groups in total. The number of pyridine rings is 1. The topological polar surface area (TPSA) is 70.7 Å². The van der Waals surface area contributed by atoms with Crippen molar-refractivity contribution in [3.8, 4) is 0 Å². The van der Waals surface area contributed by atoms with Gasteiger partial charge in [0.2, 0.25) is 0 Å². The molecule has 3 rings (SSSR count). The summed E-state index contributed by atoms with van der Waals surface area (Å²) in [5.41, 5.74) is 3.12. The Morgan fingerprint density at radius 3 is 2.90 bits per heavy atom. The minimum Gasteiger partial charge on any atom is -0.352 e. The maximum Gasteiger partial charge on any atom is 0.252 e. The summed E-state index contributed by atoms with van der Waals surface area (Å²) in [5, 5.41) is 2.89. The minimum atomic E-state index is -0.120. The summed E-state index contributed by atoms with van der Waals surface area (Å²) in [7, 11) is 0. The second kappa shape index (κ2) is 5.52. The van der Waals surface area contributed by atoms with Gasteiger partial charge in [0.1, 0.15) is 0 Å². The Hall–Kier alpha value is -2.69. The first-order valence-corrected chi connectivity index (χ1v) is 6.44. The Morgan fingerprint density at radius 1 is 1.20 bits per heavy atom. The van der Waals surface area contributed by atoms with E-state index < -0.39 is 0 Å². The highest BCUT2D eigenvalue weighted by Gasteiger charge is 2.07. The number of amides is 1. The summed E-state index contributed by atoms with van der Waals surface area (Å²) in [6.07, 6.45) is 3.92. The fourth-order valence-electron chi connectivity index (χ4n) is 2.02. The van der Waals surface area contributed by atoms with Crippen LogP contribution in [-0.2, 0) is 6.42 Å². The molecule has 0 aliphatic rings. The number of imidazole rings is 1. The van der Waals surface area contributed by atoms with E-state index in [0.717, 1.165) is 11.9 Å². The van der Waals surface area contributed by atoms with Crippen molar-refractivity contribution in [1.29, 1.82) is 0 Å². The van der Waals surface area contributed by atoms with Crippen molar-refractivity contribution in [2.24, 2.45) is 0 Å². The van der Waals surface area contributed by atoms with Gasteiger partial charge >= 0.3 is 0 Å². The normalized spacial score (nSPS) is 10.6. The highest BCUT2D eigenvalue weighted by molar-refractivity contribution is 5.96. The average Bonchev–Trinajstić information content (AvgIpc) is 2.95. The van der Waals surface area contributed by atoms with Crippen LogP contribution in [0.15, 0.2) is 48.9 Å². The van der Waals surface area contributed by atoms with Gasteiger partial charge in [-0.1, -0.05) is 30.3 Å². The van der Waals surface area contributed by atoms with Gasteiger partial charge in [0, 0.05) is 12.7 Å². The lowest BCUT2D eigenvalue weighted by Crippen LogP contribution is -2.25. The van der Waals surface area contributed by atoms with E-state index in [1.807, 2.05) is 30.3 Å². The molecule has 0 spiro atoms. The molecule has 1 amide bonds. The Labute approximate surface area is 116 Å². The van der Waals surface area contributed by atoms with E-state index in [2.05, 4.69) is 20.3 Å². The predicted molar refractivity (Wildman–Crippen MR) is 76.4 cm³/mol. The molecule has 0 aliphatic heterocycles. The van der Waals surface area contributed by atoms with Gasteiger partial charge in [-0.15, -0.1) is 0 Å². The number of aromatic amines is 1. The molecule has 0 unspecified atom stereocenters. The molecule has 100 valence electrons. The maximum atomic E-state index is 12.0. The van der Waals surface area contributed by atoms with Crippen molar-refractivity contribution < 1.29 is 4.79 Å². The van der Waals surface area contributed by atoms with E-state index in [1.54, 1.807) is 18.6 Å². The van der Waals surface area contributed by atoms with Crippen molar-refractivity contribution in [3.05, 3.63) is 60.0 Å². The SMILES string of the molecule is O=C(NCCc1ccccc1)c1cnc2nc[nH]c2c1. The zero-order valence-electron chi connectivity index (χ0n) is 10.8. The lowest BCUT2D eigenvalue weighted by molar-refractivity contribution is 0.0954. The van der Waals surface area contributed by atoms with Crippen molar-refractivity contribution in [2.45, 2.75) is 6.42 Å². The number of nitrogens with one attached hydrogen (secondary N) is 2. The Morgan fingerprint density at radius 2 is 2.05 bits per heavy atom. The van der Waals surface area contributed by atoms with Crippen molar-refractivity contribution in [1.82, 2.24) is 20.3 Å². The molecule has 2 aromatic heterocycles. The predicted octanol–water partition coefficient (Wildman–Crippen LogP) is 1.93. The number of rotatable bonds is 4. The van der Waals surface area contributed by atoms with Crippen LogP contribution in [0.25, 0.3) is 11.2 Å².